The monoisotopic (exact) mass is 341 g/mol. The van der Waals surface area contributed by atoms with Crippen LogP contribution < -0.4 is 4.74 Å². The third-order valence-electron chi connectivity index (χ3n) is 4.69. The van der Waals surface area contributed by atoms with Crippen LogP contribution in [0.25, 0.3) is 0 Å². The lowest BCUT2D eigenvalue weighted by molar-refractivity contribution is -0.00318. The van der Waals surface area contributed by atoms with Crippen molar-refractivity contribution < 1.29 is 14.3 Å². The van der Waals surface area contributed by atoms with Crippen LogP contribution in [0.2, 0.25) is 0 Å². The van der Waals surface area contributed by atoms with Gasteiger partial charge in [-0.25, -0.2) is 4.98 Å². The summed E-state index contributed by atoms with van der Waals surface area (Å²) in [5.41, 5.74) is 1.60. The smallest absolute Gasteiger partial charge is 0.274 e. The zero-order valence-electron chi connectivity index (χ0n) is 14.6. The Hall–Kier alpha value is -2.47. The van der Waals surface area contributed by atoms with Crippen LogP contribution in [-0.2, 0) is 11.2 Å². The quantitative estimate of drug-likeness (QED) is 0.834. The summed E-state index contributed by atoms with van der Waals surface area (Å²) in [4.78, 5) is 22.6. The van der Waals surface area contributed by atoms with Gasteiger partial charge in [-0.2, -0.15) is 0 Å². The molecule has 2 atom stereocenters. The fraction of sp³-hybridized carbons (Fsp3) is 0.421. The number of amides is 1. The third-order valence-corrected chi connectivity index (χ3v) is 4.69. The van der Waals surface area contributed by atoms with Crippen molar-refractivity contribution in [3.8, 4) is 5.75 Å². The number of ether oxygens (including phenoxy) is 2. The summed E-state index contributed by atoms with van der Waals surface area (Å²) in [7, 11) is 3.40. The van der Waals surface area contributed by atoms with Gasteiger partial charge in [0.15, 0.2) is 0 Å². The first kappa shape index (κ1) is 17.4. The third kappa shape index (κ3) is 4.14. The Labute approximate surface area is 147 Å². The predicted molar refractivity (Wildman–Crippen MR) is 93.5 cm³/mol. The second-order valence-corrected chi connectivity index (χ2v) is 6.22. The first-order valence-electron chi connectivity index (χ1n) is 8.42. The lowest BCUT2D eigenvalue weighted by atomic mass is 9.88. The van der Waals surface area contributed by atoms with Crippen LogP contribution in [0.4, 0.5) is 0 Å². The molecule has 1 aliphatic rings. The Morgan fingerprint density at radius 3 is 2.68 bits per heavy atom. The largest absolute Gasteiger partial charge is 0.497 e. The van der Waals surface area contributed by atoms with Gasteiger partial charge in [0.2, 0.25) is 0 Å². The van der Waals surface area contributed by atoms with Crippen LogP contribution in [-0.4, -0.2) is 54.2 Å². The summed E-state index contributed by atoms with van der Waals surface area (Å²) < 4.78 is 10.9. The second kappa shape index (κ2) is 8.07. The van der Waals surface area contributed by atoms with Crippen molar-refractivity contribution in [1.29, 1.82) is 0 Å². The molecule has 0 aliphatic carbocycles. The van der Waals surface area contributed by atoms with Crippen molar-refractivity contribution in [2.24, 2.45) is 5.92 Å². The van der Waals surface area contributed by atoms with Crippen molar-refractivity contribution in [3.63, 3.8) is 0 Å². The molecule has 6 heteroatoms. The molecule has 132 valence electrons. The first-order valence-corrected chi connectivity index (χ1v) is 8.42. The average molecular weight is 341 g/mol. The summed E-state index contributed by atoms with van der Waals surface area (Å²) in [5, 5.41) is 0. The van der Waals surface area contributed by atoms with E-state index in [4.69, 9.17) is 9.47 Å². The molecule has 0 bridgehead atoms. The van der Waals surface area contributed by atoms with E-state index in [-0.39, 0.29) is 17.9 Å². The second-order valence-electron chi connectivity index (χ2n) is 6.22. The highest BCUT2D eigenvalue weighted by molar-refractivity contribution is 5.92. The summed E-state index contributed by atoms with van der Waals surface area (Å²) in [6.07, 6.45) is 6.46. The van der Waals surface area contributed by atoms with E-state index >= 15 is 0 Å². The van der Waals surface area contributed by atoms with E-state index in [1.54, 1.807) is 26.6 Å². The molecule has 2 aromatic rings. The molecule has 1 saturated heterocycles. The molecule has 2 heterocycles. The maximum Gasteiger partial charge on any atom is 0.274 e. The molecule has 6 nitrogen and oxygen atoms in total. The molecule has 0 saturated carbocycles. The van der Waals surface area contributed by atoms with E-state index in [1.165, 1.54) is 11.8 Å². The number of nitrogens with zero attached hydrogens (tertiary/aromatic N) is 3. The Morgan fingerprint density at radius 1 is 1.24 bits per heavy atom. The lowest BCUT2D eigenvalue weighted by Gasteiger charge is -2.37. The van der Waals surface area contributed by atoms with Crippen LogP contribution >= 0.6 is 0 Å². The number of rotatable bonds is 5. The van der Waals surface area contributed by atoms with Gasteiger partial charge in [-0.3, -0.25) is 9.78 Å². The van der Waals surface area contributed by atoms with Crippen molar-refractivity contribution in [3.05, 3.63) is 54.1 Å². The van der Waals surface area contributed by atoms with Gasteiger partial charge in [0.1, 0.15) is 11.4 Å². The van der Waals surface area contributed by atoms with Gasteiger partial charge in [0.25, 0.3) is 5.91 Å². The Bertz CT molecular complexity index is 691. The molecule has 0 radical (unpaired) electrons. The molecule has 1 fully saturated rings. The van der Waals surface area contributed by atoms with Gasteiger partial charge in [-0.1, -0.05) is 12.1 Å². The van der Waals surface area contributed by atoms with Crippen molar-refractivity contribution >= 4 is 5.91 Å². The van der Waals surface area contributed by atoms with Crippen molar-refractivity contribution in [1.82, 2.24) is 14.9 Å². The summed E-state index contributed by atoms with van der Waals surface area (Å²) in [5.74, 6) is 1.02. The van der Waals surface area contributed by atoms with Gasteiger partial charge < -0.3 is 14.4 Å². The maximum absolute atomic E-state index is 12.6. The first-order chi connectivity index (χ1) is 12.2. The fourth-order valence-corrected chi connectivity index (χ4v) is 3.34. The maximum atomic E-state index is 12.6. The molecule has 25 heavy (non-hydrogen) atoms. The zero-order chi connectivity index (χ0) is 17.6. The number of benzene rings is 1. The fourth-order valence-electron chi connectivity index (χ4n) is 3.34. The molecular formula is C19H23N3O3. The molecule has 0 N–H and O–H groups in total. The Kier molecular flexibility index (Phi) is 5.60. The Morgan fingerprint density at radius 2 is 2.04 bits per heavy atom. The SMILES string of the molecule is COc1ccc(C[C@H]2CN(C(=O)c3cnccn3)CC[C@H]2OC)cc1. The summed E-state index contributed by atoms with van der Waals surface area (Å²) in [6, 6.07) is 8.05. The average Bonchev–Trinajstić information content (AvgIpc) is 2.68. The van der Waals surface area contributed by atoms with E-state index in [9.17, 15) is 4.79 Å². The molecule has 1 aliphatic heterocycles. The van der Waals surface area contributed by atoms with Crippen LogP contribution in [0.1, 0.15) is 22.5 Å². The van der Waals surface area contributed by atoms with E-state index in [2.05, 4.69) is 22.1 Å². The van der Waals surface area contributed by atoms with Crippen LogP contribution in [0.15, 0.2) is 42.9 Å². The number of aromatic nitrogens is 2. The highest BCUT2D eigenvalue weighted by Gasteiger charge is 2.32. The highest BCUT2D eigenvalue weighted by atomic mass is 16.5. The number of hydrogen-bond acceptors (Lipinski definition) is 5. The molecule has 1 aromatic heterocycles. The van der Waals surface area contributed by atoms with Crippen molar-refractivity contribution in [2.75, 3.05) is 27.3 Å². The van der Waals surface area contributed by atoms with Gasteiger partial charge in [0, 0.05) is 38.5 Å². The zero-order valence-corrected chi connectivity index (χ0v) is 14.6. The standard InChI is InChI=1S/C19H23N3O3/c1-24-16-5-3-14(4-6-16)11-15-13-22(10-7-18(15)25-2)19(23)17-12-20-8-9-21-17/h3-6,8-9,12,15,18H,7,10-11,13H2,1-2H3/t15-,18+/m0/s1. The van der Waals surface area contributed by atoms with Crippen LogP contribution in [0, 0.1) is 5.92 Å². The number of piperidine rings is 1. The topological polar surface area (TPSA) is 64.5 Å². The van der Waals surface area contributed by atoms with Gasteiger partial charge in [-0.15, -0.1) is 0 Å². The lowest BCUT2D eigenvalue weighted by Crippen LogP contribution is -2.47. The minimum atomic E-state index is -0.0672. The number of carbonyl (C=O) groups is 1. The molecular weight excluding hydrogens is 318 g/mol. The summed E-state index contributed by atoms with van der Waals surface area (Å²) in [6.45, 7) is 1.33. The van der Waals surface area contributed by atoms with Crippen LogP contribution in [0.3, 0.4) is 0 Å². The van der Waals surface area contributed by atoms with Crippen molar-refractivity contribution in [2.45, 2.75) is 18.9 Å². The number of likely N-dealkylation sites (tertiary alicyclic amines) is 1. The Balaban J connectivity index is 1.70. The molecule has 3 rings (SSSR count). The molecule has 1 amide bonds. The van der Waals surface area contributed by atoms with E-state index < -0.39 is 0 Å². The molecule has 0 unspecified atom stereocenters. The number of methoxy groups -OCH3 is 2. The highest BCUT2D eigenvalue weighted by Crippen LogP contribution is 2.25. The van der Waals surface area contributed by atoms with Gasteiger partial charge >= 0.3 is 0 Å². The summed E-state index contributed by atoms with van der Waals surface area (Å²) >= 11 is 0. The minimum absolute atomic E-state index is 0.0672. The van der Waals surface area contributed by atoms with Gasteiger partial charge in [-0.05, 0) is 30.5 Å². The number of hydrogen-bond donors (Lipinski definition) is 0. The van der Waals surface area contributed by atoms with Crippen LogP contribution in [0.5, 0.6) is 5.75 Å². The van der Waals surface area contributed by atoms with E-state index in [1.807, 2.05) is 17.0 Å². The number of carbonyl (C=O) groups excluding carboxylic acids is 1. The minimum Gasteiger partial charge on any atom is -0.497 e. The molecule has 0 spiro atoms. The predicted octanol–water partition coefficient (Wildman–Crippen LogP) is 2.21. The van der Waals surface area contributed by atoms with E-state index in [0.29, 0.717) is 18.8 Å². The van der Waals surface area contributed by atoms with Gasteiger partial charge in [0.05, 0.1) is 19.4 Å². The molecule has 1 aromatic carbocycles. The normalized spacial score (nSPS) is 20.3. The van der Waals surface area contributed by atoms with E-state index in [0.717, 1.165) is 18.6 Å².